The van der Waals surface area contributed by atoms with E-state index in [9.17, 15) is 4.39 Å². The fraction of sp³-hybridized carbons (Fsp3) is 0.0909. The Morgan fingerprint density at radius 3 is 2.47 bits per heavy atom. The predicted molar refractivity (Wildman–Crippen MR) is 119 cm³/mol. The molecule has 4 rings (SSSR count). The van der Waals surface area contributed by atoms with E-state index < -0.39 is 0 Å². The molecule has 0 radical (unpaired) electrons. The molecule has 152 valence electrons. The van der Waals surface area contributed by atoms with Gasteiger partial charge in [-0.2, -0.15) is 0 Å². The summed E-state index contributed by atoms with van der Waals surface area (Å²) in [5.41, 5.74) is 2.09. The molecule has 0 amide bonds. The number of methoxy groups -OCH3 is 1. The Morgan fingerprint density at radius 2 is 1.77 bits per heavy atom. The van der Waals surface area contributed by atoms with Crippen molar-refractivity contribution in [2.75, 3.05) is 7.11 Å². The summed E-state index contributed by atoms with van der Waals surface area (Å²) in [5.74, 6) is 1.18. The molecular weight excluding hydrogens is 444 g/mol. The second kappa shape index (κ2) is 9.08. The highest BCUT2D eigenvalue weighted by Gasteiger charge is 2.18. The maximum atomic E-state index is 14.2. The van der Waals surface area contributed by atoms with Crippen LogP contribution < -0.4 is 4.74 Å². The van der Waals surface area contributed by atoms with E-state index in [0.717, 1.165) is 11.3 Å². The summed E-state index contributed by atoms with van der Waals surface area (Å²) in [4.78, 5) is 0. The topological polar surface area (TPSA) is 39.9 Å². The molecule has 8 heteroatoms. The van der Waals surface area contributed by atoms with Crippen molar-refractivity contribution < 1.29 is 9.13 Å². The van der Waals surface area contributed by atoms with E-state index in [-0.39, 0.29) is 5.82 Å². The Balaban J connectivity index is 1.77. The third-order valence-electron chi connectivity index (χ3n) is 4.47. The first kappa shape index (κ1) is 20.7. The molecule has 1 aromatic heterocycles. The Hall–Kier alpha value is -2.54. The zero-order chi connectivity index (χ0) is 21.1. The van der Waals surface area contributed by atoms with E-state index in [2.05, 4.69) is 10.2 Å². The summed E-state index contributed by atoms with van der Waals surface area (Å²) in [6.45, 7) is 0. The van der Waals surface area contributed by atoms with E-state index >= 15 is 0 Å². The van der Waals surface area contributed by atoms with Gasteiger partial charge in [-0.1, -0.05) is 71.4 Å². The van der Waals surface area contributed by atoms with E-state index in [4.69, 9.17) is 27.9 Å². The Bertz CT molecular complexity index is 1160. The molecule has 0 N–H and O–H groups in total. The van der Waals surface area contributed by atoms with Gasteiger partial charge in [0.25, 0.3) is 0 Å². The van der Waals surface area contributed by atoms with Crippen LogP contribution >= 0.6 is 35.0 Å². The number of thioether (sulfide) groups is 1. The summed E-state index contributed by atoms with van der Waals surface area (Å²) >= 11 is 13.9. The van der Waals surface area contributed by atoms with E-state index in [0.29, 0.717) is 38.1 Å². The Kier molecular flexibility index (Phi) is 6.27. The van der Waals surface area contributed by atoms with Crippen LogP contribution in [0.3, 0.4) is 0 Å². The van der Waals surface area contributed by atoms with Crippen LogP contribution in [0.15, 0.2) is 71.9 Å². The average Bonchev–Trinajstić information content (AvgIpc) is 3.18. The summed E-state index contributed by atoms with van der Waals surface area (Å²) < 4.78 is 21.4. The maximum Gasteiger partial charge on any atom is 0.196 e. The lowest BCUT2D eigenvalue weighted by Crippen LogP contribution is -2.01. The molecule has 30 heavy (non-hydrogen) atoms. The third kappa shape index (κ3) is 4.17. The van der Waals surface area contributed by atoms with Crippen molar-refractivity contribution in [3.05, 3.63) is 88.2 Å². The molecule has 0 saturated carbocycles. The number of benzene rings is 3. The second-order valence-corrected chi connectivity index (χ2v) is 8.07. The predicted octanol–water partition coefficient (Wildman–Crippen LogP) is 6.68. The number of hydrogen-bond donors (Lipinski definition) is 0. The average molecular weight is 460 g/mol. The summed E-state index contributed by atoms with van der Waals surface area (Å²) in [6, 6.07) is 19.8. The van der Waals surface area contributed by atoms with Gasteiger partial charge in [0, 0.05) is 21.9 Å². The smallest absolute Gasteiger partial charge is 0.196 e. The van der Waals surface area contributed by atoms with Crippen LogP contribution in [-0.2, 0) is 5.75 Å². The van der Waals surface area contributed by atoms with Crippen LogP contribution in [0.2, 0.25) is 10.0 Å². The van der Waals surface area contributed by atoms with Crippen LogP contribution in [0.4, 0.5) is 4.39 Å². The SMILES string of the molecule is COc1ccc(-n2c(SCc3c(F)cccc3Cl)nnc2-c2ccccc2)cc1Cl. The molecule has 0 fully saturated rings. The molecule has 0 aliphatic rings. The lowest BCUT2D eigenvalue weighted by Gasteiger charge is -2.12. The molecule has 4 nitrogen and oxygen atoms in total. The first-order valence-corrected chi connectivity index (χ1v) is 10.7. The Labute approximate surface area is 187 Å². The van der Waals surface area contributed by atoms with Gasteiger partial charge in [-0.15, -0.1) is 10.2 Å². The van der Waals surface area contributed by atoms with Gasteiger partial charge < -0.3 is 4.74 Å². The minimum Gasteiger partial charge on any atom is -0.495 e. The highest BCUT2D eigenvalue weighted by molar-refractivity contribution is 7.98. The first-order valence-electron chi connectivity index (χ1n) is 8.99. The molecule has 0 bridgehead atoms. The quantitative estimate of drug-likeness (QED) is 0.301. The van der Waals surface area contributed by atoms with Gasteiger partial charge in [-0.3, -0.25) is 4.57 Å². The Morgan fingerprint density at radius 1 is 0.967 bits per heavy atom. The van der Waals surface area contributed by atoms with Crippen molar-refractivity contribution in [1.29, 1.82) is 0 Å². The van der Waals surface area contributed by atoms with Crippen LogP contribution in [0.5, 0.6) is 5.75 Å². The van der Waals surface area contributed by atoms with E-state index in [1.165, 1.54) is 17.8 Å². The molecule has 0 spiro atoms. The first-order chi connectivity index (χ1) is 14.6. The maximum absolute atomic E-state index is 14.2. The van der Waals surface area contributed by atoms with Gasteiger partial charge in [0.05, 0.1) is 17.8 Å². The van der Waals surface area contributed by atoms with Gasteiger partial charge in [-0.25, -0.2) is 4.39 Å². The van der Waals surface area contributed by atoms with Gasteiger partial charge >= 0.3 is 0 Å². The van der Waals surface area contributed by atoms with Crippen molar-refractivity contribution in [1.82, 2.24) is 14.8 Å². The highest BCUT2D eigenvalue weighted by Crippen LogP contribution is 2.34. The van der Waals surface area contributed by atoms with Gasteiger partial charge in [-0.05, 0) is 30.3 Å². The van der Waals surface area contributed by atoms with Crippen LogP contribution in [0, 0.1) is 5.82 Å². The highest BCUT2D eigenvalue weighted by atomic mass is 35.5. The number of ether oxygens (including phenoxy) is 1. The monoisotopic (exact) mass is 459 g/mol. The molecule has 3 aromatic carbocycles. The largest absolute Gasteiger partial charge is 0.495 e. The minimum atomic E-state index is -0.350. The fourth-order valence-corrected chi connectivity index (χ4v) is 4.52. The van der Waals surface area contributed by atoms with Crippen molar-refractivity contribution >= 4 is 35.0 Å². The van der Waals surface area contributed by atoms with Crippen LogP contribution in [0.25, 0.3) is 17.1 Å². The second-order valence-electron chi connectivity index (χ2n) is 6.32. The van der Waals surface area contributed by atoms with Crippen molar-refractivity contribution in [2.45, 2.75) is 10.9 Å². The summed E-state index contributed by atoms with van der Waals surface area (Å²) in [7, 11) is 1.56. The standard InChI is InChI=1S/C22H16Cl2FN3OS/c1-29-20-11-10-15(12-18(20)24)28-21(14-6-3-2-4-7-14)26-27-22(28)30-13-16-17(23)8-5-9-19(16)25/h2-12H,13H2,1H3. The lowest BCUT2D eigenvalue weighted by atomic mass is 10.2. The number of rotatable bonds is 6. The van der Waals surface area contributed by atoms with Gasteiger partial charge in [0.15, 0.2) is 11.0 Å². The molecule has 0 saturated heterocycles. The number of nitrogens with zero attached hydrogens (tertiary/aromatic N) is 3. The molecule has 0 unspecified atom stereocenters. The molecule has 0 aliphatic carbocycles. The van der Waals surface area contributed by atoms with Crippen LogP contribution in [-0.4, -0.2) is 21.9 Å². The van der Waals surface area contributed by atoms with Crippen molar-refractivity contribution in [3.8, 4) is 22.8 Å². The van der Waals surface area contributed by atoms with Crippen LogP contribution in [0.1, 0.15) is 5.56 Å². The number of hydrogen-bond acceptors (Lipinski definition) is 4. The molecule has 0 atom stereocenters. The van der Waals surface area contributed by atoms with Gasteiger partial charge in [0.1, 0.15) is 11.6 Å². The molecular formula is C22H16Cl2FN3OS. The fourth-order valence-electron chi connectivity index (χ4n) is 2.97. The minimum absolute atomic E-state index is 0.308. The van der Waals surface area contributed by atoms with Crippen molar-refractivity contribution in [2.24, 2.45) is 0 Å². The normalized spacial score (nSPS) is 10.9. The zero-order valence-electron chi connectivity index (χ0n) is 15.8. The molecule has 4 aromatic rings. The summed E-state index contributed by atoms with van der Waals surface area (Å²) in [6.07, 6.45) is 0. The summed E-state index contributed by atoms with van der Waals surface area (Å²) in [5, 5.41) is 10.2. The number of halogens is 3. The molecule has 1 heterocycles. The molecule has 0 aliphatic heterocycles. The lowest BCUT2D eigenvalue weighted by molar-refractivity contribution is 0.415. The van der Waals surface area contributed by atoms with Gasteiger partial charge in [0.2, 0.25) is 0 Å². The zero-order valence-corrected chi connectivity index (χ0v) is 18.2. The van der Waals surface area contributed by atoms with E-state index in [1.807, 2.05) is 41.0 Å². The van der Waals surface area contributed by atoms with Crippen molar-refractivity contribution in [3.63, 3.8) is 0 Å². The number of aromatic nitrogens is 3. The third-order valence-corrected chi connectivity index (χ3v) is 6.07. The van der Waals surface area contributed by atoms with E-state index in [1.54, 1.807) is 31.4 Å².